The first-order valence-corrected chi connectivity index (χ1v) is 8.11. The quantitative estimate of drug-likeness (QED) is 0.490. The summed E-state index contributed by atoms with van der Waals surface area (Å²) in [6.45, 7) is 4.61. The molecule has 1 rings (SSSR count). The molecule has 1 aliphatic rings. The van der Waals surface area contributed by atoms with Gasteiger partial charge in [-0.15, -0.1) is 0 Å². The summed E-state index contributed by atoms with van der Waals surface area (Å²) >= 11 is 3.46. The molecular formula is C7H15BrOSi. The van der Waals surface area contributed by atoms with Gasteiger partial charge in [-0.2, -0.15) is 0 Å². The normalized spacial score (nSPS) is 32.1. The van der Waals surface area contributed by atoms with Crippen LogP contribution in [-0.4, -0.2) is 19.8 Å². The summed E-state index contributed by atoms with van der Waals surface area (Å²) in [4.78, 5) is 0. The van der Waals surface area contributed by atoms with E-state index < -0.39 is 8.32 Å². The van der Waals surface area contributed by atoms with Crippen molar-refractivity contribution < 1.29 is 4.43 Å². The predicted octanol–water partition coefficient (Wildman–Crippen LogP) is 2.77. The van der Waals surface area contributed by atoms with E-state index in [1.165, 1.54) is 18.9 Å². The first-order valence-electron chi connectivity index (χ1n) is 3.88. The van der Waals surface area contributed by atoms with Crippen LogP contribution < -0.4 is 0 Å². The number of alkyl halides is 1. The molecule has 0 amide bonds. The van der Waals surface area contributed by atoms with Gasteiger partial charge in [-0.25, -0.2) is 0 Å². The molecule has 1 fully saturated rings. The topological polar surface area (TPSA) is 9.23 Å². The zero-order chi connectivity index (χ0) is 7.61. The number of rotatable bonds is 1. The van der Waals surface area contributed by atoms with Crippen molar-refractivity contribution in [1.29, 1.82) is 0 Å². The highest BCUT2D eigenvalue weighted by atomic mass is 79.9. The average molecular weight is 223 g/mol. The summed E-state index contributed by atoms with van der Waals surface area (Å²) in [5, 5.41) is 1.02. The molecule has 1 saturated heterocycles. The van der Waals surface area contributed by atoms with Crippen LogP contribution in [0.4, 0.5) is 0 Å². The minimum Gasteiger partial charge on any atom is -0.414 e. The summed E-state index contributed by atoms with van der Waals surface area (Å²) in [6, 6.07) is 1.34. The van der Waals surface area contributed by atoms with Gasteiger partial charge in [0.15, 0.2) is 8.32 Å². The average Bonchev–Trinajstić information content (AvgIpc) is 1.86. The molecule has 10 heavy (non-hydrogen) atoms. The van der Waals surface area contributed by atoms with Crippen molar-refractivity contribution in [1.82, 2.24) is 0 Å². The Morgan fingerprint density at radius 2 is 2.30 bits per heavy atom. The van der Waals surface area contributed by atoms with Crippen LogP contribution in [0.1, 0.15) is 12.8 Å². The van der Waals surface area contributed by atoms with E-state index in [9.17, 15) is 0 Å². The third kappa shape index (κ3) is 2.36. The highest BCUT2D eigenvalue weighted by Crippen LogP contribution is 2.26. The molecule has 60 valence electrons. The fourth-order valence-electron chi connectivity index (χ4n) is 1.43. The van der Waals surface area contributed by atoms with Crippen LogP contribution in [0.15, 0.2) is 0 Å². The Morgan fingerprint density at radius 3 is 2.70 bits per heavy atom. The zero-order valence-corrected chi connectivity index (χ0v) is 9.28. The van der Waals surface area contributed by atoms with Crippen molar-refractivity contribution in [3.8, 4) is 0 Å². The molecule has 0 aromatic rings. The maximum Gasteiger partial charge on any atom is 0.187 e. The minimum absolute atomic E-state index is 0.510. The van der Waals surface area contributed by atoms with Gasteiger partial charge in [0, 0.05) is 5.33 Å². The Hall–Kier alpha value is 0.657. The Labute approximate surface area is 72.4 Å². The van der Waals surface area contributed by atoms with Gasteiger partial charge in [0.2, 0.25) is 0 Å². The molecule has 1 nitrogen and oxygen atoms in total. The van der Waals surface area contributed by atoms with E-state index in [1.54, 1.807) is 0 Å². The van der Waals surface area contributed by atoms with Crippen LogP contribution in [0.5, 0.6) is 0 Å². The third-order valence-corrected chi connectivity index (χ3v) is 5.21. The minimum atomic E-state index is -1.20. The maximum atomic E-state index is 5.91. The number of halogens is 1. The van der Waals surface area contributed by atoms with Gasteiger partial charge < -0.3 is 4.43 Å². The maximum absolute atomic E-state index is 5.91. The van der Waals surface area contributed by atoms with E-state index in [0.29, 0.717) is 6.10 Å². The molecule has 0 aromatic heterocycles. The lowest BCUT2D eigenvalue weighted by Crippen LogP contribution is -2.39. The van der Waals surface area contributed by atoms with Crippen molar-refractivity contribution in [3.05, 3.63) is 0 Å². The third-order valence-electron chi connectivity index (χ3n) is 1.96. The molecule has 0 N–H and O–H groups in total. The van der Waals surface area contributed by atoms with E-state index in [0.717, 1.165) is 5.33 Å². The van der Waals surface area contributed by atoms with E-state index in [1.807, 2.05) is 0 Å². The molecular weight excluding hydrogens is 208 g/mol. The van der Waals surface area contributed by atoms with Crippen molar-refractivity contribution >= 4 is 24.2 Å². The van der Waals surface area contributed by atoms with E-state index >= 15 is 0 Å². The van der Waals surface area contributed by atoms with Crippen molar-refractivity contribution in [2.45, 2.75) is 38.1 Å². The lowest BCUT2D eigenvalue weighted by Gasteiger charge is -2.33. The van der Waals surface area contributed by atoms with Gasteiger partial charge in [0.05, 0.1) is 6.10 Å². The van der Waals surface area contributed by atoms with Crippen LogP contribution in [0.25, 0.3) is 0 Å². The fourth-order valence-corrected chi connectivity index (χ4v) is 4.41. The molecule has 0 aromatic carbocycles. The van der Waals surface area contributed by atoms with Gasteiger partial charge >= 0.3 is 0 Å². The van der Waals surface area contributed by atoms with Gasteiger partial charge in [-0.3, -0.25) is 0 Å². The van der Waals surface area contributed by atoms with Crippen LogP contribution in [0, 0.1) is 0 Å². The van der Waals surface area contributed by atoms with E-state index in [4.69, 9.17) is 4.43 Å². The summed E-state index contributed by atoms with van der Waals surface area (Å²) in [6.07, 6.45) is 3.13. The molecule has 0 spiro atoms. The van der Waals surface area contributed by atoms with E-state index in [2.05, 4.69) is 29.0 Å². The van der Waals surface area contributed by atoms with Crippen molar-refractivity contribution in [3.63, 3.8) is 0 Å². The van der Waals surface area contributed by atoms with Crippen molar-refractivity contribution in [2.24, 2.45) is 0 Å². The Bertz CT molecular complexity index is 116. The first-order chi connectivity index (χ1) is 4.64. The second kappa shape index (κ2) is 3.37. The number of hydrogen-bond donors (Lipinski definition) is 0. The highest BCUT2D eigenvalue weighted by Gasteiger charge is 2.29. The largest absolute Gasteiger partial charge is 0.414 e. The van der Waals surface area contributed by atoms with Crippen LogP contribution in [0.3, 0.4) is 0 Å². The van der Waals surface area contributed by atoms with Gasteiger partial charge in [0.1, 0.15) is 0 Å². The molecule has 0 bridgehead atoms. The lowest BCUT2D eigenvalue weighted by molar-refractivity contribution is 0.185. The second-order valence-electron chi connectivity index (χ2n) is 3.55. The molecule has 1 heterocycles. The smallest absolute Gasteiger partial charge is 0.187 e. The summed E-state index contributed by atoms with van der Waals surface area (Å²) in [7, 11) is -1.20. The van der Waals surface area contributed by atoms with E-state index in [-0.39, 0.29) is 0 Å². The lowest BCUT2D eigenvalue weighted by atomic mass is 10.2. The Balaban J connectivity index is 2.40. The Kier molecular flexibility index (Phi) is 2.95. The van der Waals surface area contributed by atoms with Crippen LogP contribution in [0.2, 0.25) is 19.1 Å². The predicted molar refractivity (Wildman–Crippen MR) is 50.2 cm³/mol. The summed E-state index contributed by atoms with van der Waals surface area (Å²) in [5.74, 6) is 0. The standard InChI is InChI=1S/C7H15BrOSi/c1-10(2)5-3-4-7(6-8)9-10/h7H,3-6H2,1-2H3. The zero-order valence-electron chi connectivity index (χ0n) is 6.69. The number of hydrogen-bond acceptors (Lipinski definition) is 1. The molecule has 1 unspecified atom stereocenters. The molecule has 1 atom stereocenters. The highest BCUT2D eigenvalue weighted by molar-refractivity contribution is 9.09. The summed E-state index contributed by atoms with van der Waals surface area (Å²) < 4.78 is 5.91. The van der Waals surface area contributed by atoms with Crippen LogP contribution in [-0.2, 0) is 4.43 Å². The fraction of sp³-hybridized carbons (Fsp3) is 1.00. The molecule has 3 heteroatoms. The molecule has 0 saturated carbocycles. The second-order valence-corrected chi connectivity index (χ2v) is 8.45. The van der Waals surface area contributed by atoms with Gasteiger partial charge in [0.25, 0.3) is 0 Å². The van der Waals surface area contributed by atoms with Gasteiger partial charge in [-0.1, -0.05) is 22.4 Å². The van der Waals surface area contributed by atoms with Gasteiger partial charge in [-0.05, 0) is 25.6 Å². The molecule has 1 aliphatic heterocycles. The summed E-state index contributed by atoms with van der Waals surface area (Å²) in [5.41, 5.74) is 0. The first kappa shape index (κ1) is 8.75. The SMILES string of the molecule is C[Si]1(C)CCCC(CBr)O1. The Morgan fingerprint density at radius 1 is 1.60 bits per heavy atom. The molecule has 0 aliphatic carbocycles. The monoisotopic (exact) mass is 222 g/mol. The van der Waals surface area contributed by atoms with Crippen LogP contribution >= 0.6 is 15.9 Å². The van der Waals surface area contributed by atoms with Crippen molar-refractivity contribution in [2.75, 3.05) is 5.33 Å². The molecule has 0 radical (unpaired) electrons.